The molecule has 0 aromatic heterocycles. The maximum Gasteiger partial charge on any atom is 0.105 e. The second-order valence-electron chi connectivity index (χ2n) is 3.80. The molecule has 3 atom stereocenters. The highest BCUT2D eigenvalue weighted by atomic mass is 16.3. The van der Waals surface area contributed by atoms with Crippen molar-refractivity contribution in [3.8, 4) is 0 Å². The van der Waals surface area contributed by atoms with Gasteiger partial charge in [0.15, 0.2) is 0 Å². The first-order chi connectivity index (χ1) is 5.64. The van der Waals surface area contributed by atoms with Gasteiger partial charge in [0.05, 0.1) is 12.7 Å². The number of aliphatic hydroxyl groups excluding tert-OH is 2. The third-order valence-electron chi connectivity index (χ3n) is 2.70. The lowest BCUT2D eigenvalue weighted by Crippen LogP contribution is -2.31. The van der Waals surface area contributed by atoms with E-state index in [-0.39, 0.29) is 6.61 Å². The van der Waals surface area contributed by atoms with E-state index in [1.54, 1.807) is 6.08 Å². The first kappa shape index (κ1) is 9.59. The van der Waals surface area contributed by atoms with Gasteiger partial charge in [-0.2, -0.15) is 0 Å². The van der Waals surface area contributed by atoms with Gasteiger partial charge in [-0.3, -0.25) is 0 Å². The maximum absolute atomic E-state index is 9.68. The molecule has 1 rings (SSSR count). The smallest absolute Gasteiger partial charge is 0.105 e. The first-order valence-corrected chi connectivity index (χ1v) is 4.30. The van der Waals surface area contributed by atoms with Gasteiger partial charge in [0, 0.05) is 5.41 Å². The highest BCUT2D eigenvalue weighted by Gasteiger charge is 2.42. The van der Waals surface area contributed by atoms with Crippen LogP contribution in [-0.2, 0) is 0 Å². The zero-order chi connectivity index (χ0) is 9.19. The Morgan fingerprint density at radius 3 is 2.75 bits per heavy atom. The van der Waals surface area contributed by atoms with Gasteiger partial charge in [0.25, 0.3) is 0 Å². The third-order valence-corrected chi connectivity index (χ3v) is 2.70. The summed E-state index contributed by atoms with van der Waals surface area (Å²) in [4.78, 5) is 0. The summed E-state index contributed by atoms with van der Waals surface area (Å²) >= 11 is 0. The van der Waals surface area contributed by atoms with Crippen molar-refractivity contribution in [2.24, 2.45) is 5.41 Å². The van der Waals surface area contributed by atoms with Gasteiger partial charge in [-0.1, -0.05) is 12.4 Å². The van der Waals surface area contributed by atoms with Crippen LogP contribution in [0, 0.1) is 5.41 Å². The van der Waals surface area contributed by atoms with Crippen molar-refractivity contribution in [3.05, 3.63) is 18.4 Å². The van der Waals surface area contributed by atoms with Gasteiger partial charge in [-0.25, -0.2) is 0 Å². The molecule has 1 aliphatic rings. The largest absolute Gasteiger partial charge is 0.395 e. The lowest BCUT2D eigenvalue weighted by molar-refractivity contribution is 0.0409. The maximum atomic E-state index is 9.68. The topological polar surface area (TPSA) is 40.5 Å². The molecule has 0 aromatic rings. The molecule has 66 valence electrons. The molecule has 2 N–H and O–H groups in total. The molecule has 1 aliphatic carbocycles. The van der Waals surface area contributed by atoms with Crippen LogP contribution in [0.1, 0.15) is 12.8 Å². The van der Waals surface area contributed by atoms with Crippen molar-refractivity contribution < 1.29 is 10.2 Å². The molecule has 2 nitrogen and oxygen atoms in total. The molecule has 0 amide bonds. The van der Waals surface area contributed by atoms with E-state index >= 15 is 0 Å². The molecule has 12 heavy (non-hydrogen) atoms. The predicted octanol–water partition coefficient (Wildman–Crippen LogP) is -0.118. The minimum Gasteiger partial charge on any atom is -0.395 e. The fourth-order valence-electron chi connectivity index (χ4n) is 2.06. The Bertz CT molecular complexity index is 211. The van der Waals surface area contributed by atoms with Crippen molar-refractivity contribution >= 4 is 7.85 Å². The third kappa shape index (κ3) is 1.49. The second-order valence-corrected chi connectivity index (χ2v) is 3.80. The van der Waals surface area contributed by atoms with E-state index in [1.165, 1.54) is 0 Å². The Kier molecular flexibility index (Phi) is 2.78. The first-order valence-electron chi connectivity index (χ1n) is 4.30. The molecule has 0 heterocycles. The zero-order valence-electron chi connectivity index (χ0n) is 7.45. The van der Waals surface area contributed by atoms with Crippen LogP contribution in [0.25, 0.3) is 0 Å². The second kappa shape index (κ2) is 3.48. The van der Waals surface area contributed by atoms with Gasteiger partial charge in [0.2, 0.25) is 0 Å². The van der Waals surface area contributed by atoms with Crippen LogP contribution in [0.2, 0.25) is 5.82 Å². The fourth-order valence-corrected chi connectivity index (χ4v) is 2.06. The highest BCUT2D eigenvalue weighted by Crippen LogP contribution is 2.44. The number of rotatable bonds is 2. The Morgan fingerprint density at radius 2 is 2.42 bits per heavy atom. The van der Waals surface area contributed by atoms with E-state index in [0.29, 0.717) is 5.82 Å². The van der Waals surface area contributed by atoms with E-state index in [4.69, 9.17) is 0 Å². The molecule has 0 unspecified atom stereocenters. The number of hydrogen-bond acceptors (Lipinski definition) is 2. The minimum absolute atomic E-state index is 0.0129. The van der Waals surface area contributed by atoms with Gasteiger partial charge in [-0.15, -0.1) is 5.73 Å². The summed E-state index contributed by atoms with van der Waals surface area (Å²) in [5.41, 5.74) is 2.19. The molecule has 0 radical (unpaired) electrons. The standard InChI is InChI=1S/C9H15BO2/c1-2-3-9(6-11)5-7(10)4-8(9)12/h3,7-8,11-12H,1,4-6,10H2/t7-,8+,9+/m0/s1. The van der Waals surface area contributed by atoms with Gasteiger partial charge >= 0.3 is 0 Å². The van der Waals surface area contributed by atoms with Crippen molar-refractivity contribution in [1.82, 2.24) is 0 Å². The van der Waals surface area contributed by atoms with Crippen LogP contribution in [0.5, 0.6) is 0 Å². The van der Waals surface area contributed by atoms with E-state index in [9.17, 15) is 10.2 Å². The molecule has 3 heteroatoms. The van der Waals surface area contributed by atoms with Crippen molar-refractivity contribution in [3.63, 3.8) is 0 Å². The van der Waals surface area contributed by atoms with Gasteiger partial charge in [0.1, 0.15) is 7.85 Å². The van der Waals surface area contributed by atoms with E-state index < -0.39 is 11.5 Å². The molecular weight excluding hydrogens is 151 g/mol. The summed E-state index contributed by atoms with van der Waals surface area (Å²) in [6.07, 6.45) is 2.86. The van der Waals surface area contributed by atoms with Crippen LogP contribution >= 0.6 is 0 Å². The average molecular weight is 166 g/mol. The van der Waals surface area contributed by atoms with E-state index in [2.05, 4.69) is 20.2 Å². The normalized spacial score (nSPS) is 40.8. The molecule has 0 saturated heterocycles. The SMILES string of the molecule is B[C@H]1C[C@@H](O)[C@@](C=C=C)(CO)C1. The molecule has 0 spiro atoms. The summed E-state index contributed by atoms with van der Waals surface area (Å²) in [6, 6.07) is 0. The van der Waals surface area contributed by atoms with Crippen LogP contribution in [0.3, 0.4) is 0 Å². The van der Waals surface area contributed by atoms with Crippen molar-refractivity contribution in [2.75, 3.05) is 6.61 Å². The van der Waals surface area contributed by atoms with E-state index in [1.807, 2.05) is 0 Å². The monoisotopic (exact) mass is 166 g/mol. The Morgan fingerprint density at radius 1 is 1.75 bits per heavy atom. The van der Waals surface area contributed by atoms with E-state index in [0.717, 1.165) is 12.8 Å². The van der Waals surface area contributed by atoms with Crippen LogP contribution in [0.15, 0.2) is 18.4 Å². The number of aliphatic hydroxyl groups is 2. The van der Waals surface area contributed by atoms with Crippen LogP contribution < -0.4 is 0 Å². The molecule has 0 aromatic carbocycles. The predicted molar refractivity (Wildman–Crippen MR) is 50.8 cm³/mol. The zero-order valence-corrected chi connectivity index (χ0v) is 7.45. The van der Waals surface area contributed by atoms with Crippen LogP contribution in [0.4, 0.5) is 0 Å². The lowest BCUT2D eigenvalue weighted by atomic mass is 9.80. The Hall–Kier alpha value is -0.495. The van der Waals surface area contributed by atoms with Crippen LogP contribution in [-0.4, -0.2) is 30.8 Å². The lowest BCUT2D eigenvalue weighted by Gasteiger charge is -2.25. The van der Waals surface area contributed by atoms with Gasteiger partial charge < -0.3 is 10.2 Å². The summed E-state index contributed by atoms with van der Waals surface area (Å²) in [5, 5.41) is 18.9. The summed E-state index contributed by atoms with van der Waals surface area (Å²) in [7, 11) is 2.08. The van der Waals surface area contributed by atoms with Crippen molar-refractivity contribution in [2.45, 2.75) is 24.8 Å². The summed E-state index contributed by atoms with van der Waals surface area (Å²) < 4.78 is 0. The minimum atomic E-state index is -0.471. The van der Waals surface area contributed by atoms with Gasteiger partial charge in [-0.05, 0) is 18.9 Å². The summed E-state index contributed by atoms with van der Waals surface area (Å²) in [6.45, 7) is 3.46. The quantitative estimate of drug-likeness (QED) is 0.443. The molecule has 1 saturated carbocycles. The molecule has 0 aliphatic heterocycles. The molecule has 1 fully saturated rings. The molecule has 0 bridgehead atoms. The number of hydrogen-bond donors (Lipinski definition) is 2. The average Bonchev–Trinajstić information content (AvgIpc) is 2.28. The highest BCUT2D eigenvalue weighted by molar-refractivity contribution is 6.11. The molecular formula is C9H15BO2. The van der Waals surface area contributed by atoms with Crippen molar-refractivity contribution in [1.29, 1.82) is 0 Å². The Labute approximate surface area is 74.0 Å². The summed E-state index contributed by atoms with van der Waals surface area (Å²) in [5.74, 6) is 0.469. The fraction of sp³-hybridized carbons (Fsp3) is 0.667. The Balaban J connectivity index is 2.85.